The second-order valence-electron chi connectivity index (χ2n) is 7.38. The highest BCUT2D eigenvalue weighted by molar-refractivity contribution is 7.99. The van der Waals surface area contributed by atoms with Crippen molar-refractivity contribution in [3.8, 4) is 5.75 Å². The number of carbonyl (C=O) groups is 2. The number of anilines is 2. The number of nitrogens with one attached hydrogen (secondary N) is 2. The van der Waals surface area contributed by atoms with Gasteiger partial charge in [-0.15, -0.1) is 5.10 Å². The van der Waals surface area contributed by atoms with E-state index < -0.39 is 0 Å². The van der Waals surface area contributed by atoms with Crippen molar-refractivity contribution in [2.75, 3.05) is 30.1 Å². The second kappa shape index (κ2) is 10.9. The molecule has 2 aromatic carbocycles. The molecule has 0 unspecified atom stereocenters. The molecule has 33 heavy (non-hydrogen) atoms. The Morgan fingerprint density at radius 2 is 1.85 bits per heavy atom. The van der Waals surface area contributed by atoms with Gasteiger partial charge in [-0.05, 0) is 71.8 Å². The van der Waals surface area contributed by atoms with Gasteiger partial charge in [0.25, 0.3) is 5.91 Å². The number of carbonyl (C=O) groups excluding carboxylic acids is 2. The predicted octanol–water partition coefficient (Wildman–Crippen LogP) is 2.84. The van der Waals surface area contributed by atoms with Gasteiger partial charge in [0.15, 0.2) is 0 Å². The zero-order chi connectivity index (χ0) is 23.0. The van der Waals surface area contributed by atoms with Crippen LogP contribution in [-0.4, -0.2) is 57.6 Å². The van der Waals surface area contributed by atoms with E-state index in [2.05, 4.69) is 26.2 Å². The number of ether oxygens (including phenoxy) is 2. The Balaban J connectivity index is 1.26. The Hall–Kier alpha value is -3.44. The van der Waals surface area contributed by atoms with Gasteiger partial charge in [-0.2, -0.15) is 0 Å². The number of aromatic nitrogens is 4. The summed E-state index contributed by atoms with van der Waals surface area (Å²) in [4.78, 5) is 24.8. The van der Waals surface area contributed by atoms with Gasteiger partial charge < -0.3 is 20.1 Å². The van der Waals surface area contributed by atoms with Crippen molar-refractivity contribution in [1.29, 1.82) is 0 Å². The van der Waals surface area contributed by atoms with Crippen LogP contribution >= 0.6 is 11.8 Å². The number of thioether (sulfide) groups is 1. The molecule has 0 bridgehead atoms. The average Bonchev–Trinajstić information content (AvgIpc) is 3.51. The average molecular weight is 469 g/mol. The lowest BCUT2D eigenvalue weighted by atomic mass is 10.2. The number of hydrogen-bond donors (Lipinski definition) is 2. The molecule has 3 aromatic rings. The van der Waals surface area contributed by atoms with Crippen molar-refractivity contribution in [1.82, 2.24) is 20.2 Å². The van der Waals surface area contributed by atoms with Crippen molar-refractivity contribution in [2.45, 2.75) is 30.6 Å². The maximum absolute atomic E-state index is 12.4. The van der Waals surface area contributed by atoms with E-state index >= 15 is 0 Å². The van der Waals surface area contributed by atoms with E-state index in [1.165, 1.54) is 11.8 Å². The number of methoxy groups -OCH3 is 1. The molecule has 0 radical (unpaired) electrons. The van der Waals surface area contributed by atoms with Crippen LogP contribution in [0.25, 0.3) is 0 Å². The van der Waals surface area contributed by atoms with Crippen LogP contribution in [0.15, 0.2) is 53.7 Å². The Labute approximate surface area is 195 Å². The summed E-state index contributed by atoms with van der Waals surface area (Å²) in [6.07, 6.45) is 2.14. The molecule has 2 amide bonds. The third-order valence-corrected chi connectivity index (χ3v) is 5.97. The molecular weight excluding hydrogens is 444 g/mol. The van der Waals surface area contributed by atoms with Crippen LogP contribution in [0.2, 0.25) is 0 Å². The quantitative estimate of drug-likeness (QED) is 0.460. The Kier molecular flexibility index (Phi) is 7.53. The topological polar surface area (TPSA) is 120 Å². The molecule has 2 heterocycles. The van der Waals surface area contributed by atoms with Crippen LogP contribution in [0.4, 0.5) is 11.4 Å². The smallest absolute Gasteiger partial charge is 0.255 e. The van der Waals surface area contributed by atoms with Gasteiger partial charge in [0.1, 0.15) is 5.75 Å². The number of tetrazole rings is 1. The summed E-state index contributed by atoms with van der Waals surface area (Å²) < 4.78 is 12.4. The minimum atomic E-state index is -0.244. The zero-order valence-electron chi connectivity index (χ0n) is 18.1. The van der Waals surface area contributed by atoms with Gasteiger partial charge in [-0.25, -0.2) is 4.68 Å². The minimum absolute atomic E-state index is 0.113. The summed E-state index contributed by atoms with van der Waals surface area (Å²) in [6, 6.07) is 13.8. The van der Waals surface area contributed by atoms with Crippen molar-refractivity contribution < 1.29 is 19.1 Å². The van der Waals surface area contributed by atoms with Crippen LogP contribution in [-0.2, 0) is 16.1 Å². The van der Waals surface area contributed by atoms with Gasteiger partial charge in [-0.1, -0.05) is 11.8 Å². The van der Waals surface area contributed by atoms with Crippen LogP contribution in [0.1, 0.15) is 23.2 Å². The fraction of sp³-hybridized carbons (Fsp3) is 0.318. The third kappa shape index (κ3) is 6.30. The van der Waals surface area contributed by atoms with Gasteiger partial charge in [0, 0.05) is 23.5 Å². The SMILES string of the molecule is COc1ccc(NC(=O)c2ccc(NC(=O)CSc3nnnn3C[C@@H]3CCCO3)cc2)cc1. The number of rotatable bonds is 9. The van der Waals surface area contributed by atoms with E-state index in [4.69, 9.17) is 9.47 Å². The summed E-state index contributed by atoms with van der Waals surface area (Å²) in [5.74, 6) is 0.436. The fourth-order valence-electron chi connectivity index (χ4n) is 3.31. The molecule has 1 atom stereocenters. The molecule has 4 rings (SSSR count). The first kappa shape index (κ1) is 22.7. The van der Waals surface area contributed by atoms with Crippen LogP contribution in [0.5, 0.6) is 5.75 Å². The molecule has 0 spiro atoms. The first-order valence-corrected chi connectivity index (χ1v) is 11.4. The van der Waals surface area contributed by atoms with Gasteiger partial charge >= 0.3 is 0 Å². The lowest BCUT2D eigenvalue weighted by Crippen LogP contribution is -2.18. The molecule has 1 saturated heterocycles. The van der Waals surface area contributed by atoms with Crippen LogP contribution < -0.4 is 15.4 Å². The first-order chi connectivity index (χ1) is 16.1. The van der Waals surface area contributed by atoms with Gasteiger partial charge in [-0.3, -0.25) is 9.59 Å². The predicted molar refractivity (Wildman–Crippen MR) is 124 cm³/mol. The monoisotopic (exact) mass is 468 g/mol. The highest BCUT2D eigenvalue weighted by Crippen LogP contribution is 2.20. The summed E-state index contributed by atoms with van der Waals surface area (Å²) in [6.45, 7) is 1.34. The van der Waals surface area contributed by atoms with E-state index in [0.29, 0.717) is 34.4 Å². The number of amides is 2. The standard InChI is InChI=1S/C22H24N6O4S/c1-31-18-10-8-17(9-11-18)24-21(30)15-4-6-16(7-5-15)23-20(29)14-33-22-25-26-27-28(22)13-19-3-2-12-32-19/h4-11,19H,2-3,12-14H2,1H3,(H,23,29)(H,24,30)/t19-/m0/s1. The number of hydrogen-bond acceptors (Lipinski definition) is 8. The molecule has 10 nitrogen and oxygen atoms in total. The van der Waals surface area contributed by atoms with E-state index in [1.54, 1.807) is 60.3 Å². The summed E-state index contributed by atoms with van der Waals surface area (Å²) in [7, 11) is 1.59. The fourth-order valence-corrected chi connectivity index (χ4v) is 3.99. The van der Waals surface area contributed by atoms with E-state index in [1.807, 2.05) is 0 Å². The lowest BCUT2D eigenvalue weighted by molar-refractivity contribution is -0.113. The van der Waals surface area contributed by atoms with Crippen LogP contribution in [0, 0.1) is 0 Å². The Morgan fingerprint density at radius 3 is 2.55 bits per heavy atom. The van der Waals surface area contributed by atoms with Crippen molar-refractivity contribution in [3.63, 3.8) is 0 Å². The molecule has 0 saturated carbocycles. The van der Waals surface area contributed by atoms with E-state index in [9.17, 15) is 9.59 Å². The van der Waals surface area contributed by atoms with E-state index in [-0.39, 0.29) is 23.7 Å². The zero-order valence-corrected chi connectivity index (χ0v) is 18.9. The van der Waals surface area contributed by atoms with Gasteiger partial charge in [0.05, 0.1) is 25.5 Å². The minimum Gasteiger partial charge on any atom is -0.497 e. The Bertz CT molecular complexity index is 1080. The second-order valence-corrected chi connectivity index (χ2v) is 8.32. The summed E-state index contributed by atoms with van der Waals surface area (Å²) in [5, 5.41) is 17.9. The van der Waals surface area contributed by atoms with Crippen LogP contribution in [0.3, 0.4) is 0 Å². The maximum Gasteiger partial charge on any atom is 0.255 e. The summed E-state index contributed by atoms with van der Waals surface area (Å²) >= 11 is 1.26. The molecule has 1 aliphatic rings. The number of benzene rings is 2. The molecule has 1 aliphatic heterocycles. The molecule has 2 N–H and O–H groups in total. The maximum atomic E-state index is 12.4. The Morgan fingerprint density at radius 1 is 1.12 bits per heavy atom. The highest BCUT2D eigenvalue weighted by atomic mass is 32.2. The van der Waals surface area contributed by atoms with Crippen molar-refractivity contribution in [2.24, 2.45) is 0 Å². The molecule has 11 heteroatoms. The molecule has 172 valence electrons. The number of nitrogens with zero attached hydrogens (tertiary/aromatic N) is 4. The van der Waals surface area contributed by atoms with Gasteiger partial charge in [0.2, 0.25) is 11.1 Å². The lowest BCUT2D eigenvalue weighted by Gasteiger charge is -2.10. The normalized spacial score (nSPS) is 15.2. The van der Waals surface area contributed by atoms with Crippen molar-refractivity contribution in [3.05, 3.63) is 54.1 Å². The third-order valence-electron chi connectivity index (χ3n) is 5.01. The first-order valence-electron chi connectivity index (χ1n) is 10.5. The molecule has 1 aromatic heterocycles. The molecule has 1 fully saturated rings. The largest absolute Gasteiger partial charge is 0.497 e. The summed E-state index contributed by atoms with van der Waals surface area (Å²) in [5.41, 5.74) is 1.74. The molecule has 0 aliphatic carbocycles. The van der Waals surface area contributed by atoms with E-state index in [0.717, 1.165) is 19.4 Å². The van der Waals surface area contributed by atoms with Crippen molar-refractivity contribution >= 4 is 35.0 Å². The highest BCUT2D eigenvalue weighted by Gasteiger charge is 2.19. The molecular formula is C22H24N6O4S.